The van der Waals surface area contributed by atoms with Crippen LogP contribution in [0.1, 0.15) is 18.9 Å². The molecule has 4 rings (SSSR count). The van der Waals surface area contributed by atoms with Gasteiger partial charge >= 0.3 is 6.36 Å². The highest BCUT2D eigenvalue weighted by atomic mass is 19.4. The van der Waals surface area contributed by atoms with Crippen molar-refractivity contribution < 1.29 is 22.3 Å². The Morgan fingerprint density at radius 2 is 1.35 bits per heavy atom. The second-order valence-electron chi connectivity index (χ2n) is 7.38. The van der Waals surface area contributed by atoms with Gasteiger partial charge in [0.05, 0.1) is 0 Å². The van der Waals surface area contributed by atoms with Gasteiger partial charge in [0.1, 0.15) is 11.6 Å². The molecule has 0 aliphatic rings. The van der Waals surface area contributed by atoms with Crippen molar-refractivity contribution in [1.82, 2.24) is 0 Å². The molecule has 0 unspecified atom stereocenters. The number of hydrogen-bond acceptors (Lipinski definition) is 1. The molecule has 4 aromatic carbocycles. The summed E-state index contributed by atoms with van der Waals surface area (Å²) in [7, 11) is 0. The van der Waals surface area contributed by atoms with E-state index in [0.717, 1.165) is 34.9 Å². The molecule has 0 amide bonds. The summed E-state index contributed by atoms with van der Waals surface area (Å²) in [6, 6.07) is 22.5. The van der Waals surface area contributed by atoms with Crippen molar-refractivity contribution in [2.24, 2.45) is 0 Å². The van der Waals surface area contributed by atoms with Crippen LogP contribution in [0, 0.1) is 5.82 Å². The SMILES string of the molecule is CCCc1ccc2c(F)c(-c3ccc(-c4ccc(OC(F)(F)F)cc4)cc3)ccc2c1. The molecule has 0 heterocycles. The van der Waals surface area contributed by atoms with Crippen molar-refractivity contribution in [3.8, 4) is 28.0 Å². The van der Waals surface area contributed by atoms with Crippen LogP contribution in [-0.4, -0.2) is 6.36 Å². The van der Waals surface area contributed by atoms with Crippen molar-refractivity contribution in [3.63, 3.8) is 0 Å². The average Bonchev–Trinajstić information content (AvgIpc) is 2.74. The number of fused-ring (bicyclic) bond motifs is 1. The number of alkyl halides is 3. The van der Waals surface area contributed by atoms with E-state index in [2.05, 4.69) is 11.7 Å². The third-order valence-corrected chi connectivity index (χ3v) is 5.17. The van der Waals surface area contributed by atoms with Gasteiger partial charge in [-0.3, -0.25) is 0 Å². The maximum absolute atomic E-state index is 15.2. The Morgan fingerprint density at radius 1 is 0.742 bits per heavy atom. The van der Waals surface area contributed by atoms with E-state index < -0.39 is 6.36 Å². The Hall–Kier alpha value is -3.34. The van der Waals surface area contributed by atoms with Crippen molar-refractivity contribution in [2.45, 2.75) is 26.1 Å². The molecular weight excluding hydrogens is 404 g/mol. The third kappa shape index (κ3) is 4.71. The fourth-order valence-electron chi connectivity index (χ4n) is 3.70. The van der Waals surface area contributed by atoms with Crippen molar-refractivity contribution in [1.29, 1.82) is 0 Å². The third-order valence-electron chi connectivity index (χ3n) is 5.17. The number of halogens is 4. The smallest absolute Gasteiger partial charge is 0.406 e. The van der Waals surface area contributed by atoms with Gasteiger partial charge in [-0.1, -0.05) is 80.1 Å². The van der Waals surface area contributed by atoms with E-state index >= 15 is 4.39 Å². The summed E-state index contributed by atoms with van der Waals surface area (Å²) in [4.78, 5) is 0. The van der Waals surface area contributed by atoms with Gasteiger partial charge in [0, 0.05) is 10.9 Å². The van der Waals surface area contributed by atoms with Crippen LogP contribution in [0.4, 0.5) is 17.6 Å². The lowest BCUT2D eigenvalue weighted by Crippen LogP contribution is -2.16. The zero-order chi connectivity index (χ0) is 22.0. The second-order valence-corrected chi connectivity index (χ2v) is 7.38. The van der Waals surface area contributed by atoms with Gasteiger partial charge in [0.15, 0.2) is 0 Å². The Bertz CT molecular complexity index is 1190. The highest BCUT2D eigenvalue weighted by molar-refractivity contribution is 5.89. The van der Waals surface area contributed by atoms with Gasteiger partial charge in [-0.25, -0.2) is 4.39 Å². The molecular formula is C26H20F4O. The molecule has 0 fully saturated rings. The number of aryl methyl sites for hydroxylation is 1. The summed E-state index contributed by atoms with van der Waals surface area (Å²) >= 11 is 0. The first kappa shape index (κ1) is 20.9. The van der Waals surface area contributed by atoms with Gasteiger partial charge in [-0.05, 0) is 46.2 Å². The summed E-state index contributed by atoms with van der Waals surface area (Å²) in [5, 5.41) is 1.46. The minimum absolute atomic E-state index is 0.262. The van der Waals surface area contributed by atoms with Crippen LogP contribution in [0.2, 0.25) is 0 Å². The summed E-state index contributed by atoms with van der Waals surface area (Å²) in [5.74, 6) is -0.532. The summed E-state index contributed by atoms with van der Waals surface area (Å²) in [6.07, 6.45) is -2.72. The number of ether oxygens (including phenoxy) is 1. The molecule has 0 aliphatic carbocycles. The molecule has 0 aromatic heterocycles. The molecule has 4 aromatic rings. The van der Waals surface area contributed by atoms with Crippen LogP contribution in [0.3, 0.4) is 0 Å². The van der Waals surface area contributed by atoms with E-state index in [9.17, 15) is 13.2 Å². The maximum atomic E-state index is 15.2. The lowest BCUT2D eigenvalue weighted by Gasteiger charge is -2.11. The minimum Gasteiger partial charge on any atom is -0.406 e. The van der Waals surface area contributed by atoms with E-state index in [-0.39, 0.29) is 11.6 Å². The van der Waals surface area contributed by atoms with Crippen molar-refractivity contribution >= 4 is 10.8 Å². The summed E-state index contributed by atoms with van der Waals surface area (Å²) in [5.41, 5.74) is 3.99. The zero-order valence-corrected chi connectivity index (χ0v) is 16.8. The van der Waals surface area contributed by atoms with Crippen LogP contribution >= 0.6 is 0 Å². The number of hydrogen-bond donors (Lipinski definition) is 0. The predicted molar refractivity (Wildman–Crippen MR) is 115 cm³/mol. The standard InChI is InChI=1S/C26H20F4O/c1-2-3-17-4-14-24-21(16-17)11-15-23(25(24)27)20-7-5-18(6-8-20)19-9-12-22(13-10-19)31-26(28,29)30/h4-16H,2-3H2,1H3. The quantitative estimate of drug-likeness (QED) is 0.294. The summed E-state index contributed by atoms with van der Waals surface area (Å²) < 4.78 is 56.0. The maximum Gasteiger partial charge on any atom is 0.573 e. The van der Waals surface area contributed by atoms with Crippen LogP contribution in [0.15, 0.2) is 78.9 Å². The van der Waals surface area contributed by atoms with Gasteiger partial charge in [0.25, 0.3) is 0 Å². The fraction of sp³-hybridized carbons (Fsp3) is 0.154. The second kappa shape index (κ2) is 8.42. The largest absolute Gasteiger partial charge is 0.573 e. The molecule has 0 saturated carbocycles. The normalized spacial score (nSPS) is 11.6. The molecule has 1 nitrogen and oxygen atoms in total. The average molecular weight is 424 g/mol. The van der Waals surface area contributed by atoms with E-state index in [0.29, 0.717) is 10.9 Å². The lowest BCUT2D eigenvalue weighted by atomic mass is 9.96. The lowest BCUT2D eigenvalue weighted by molar-refractivity contribution is -0.274. The van der Waals surface area contributed by atoms with Gasteiger partial charge < -0.3 is 4.74 Å². The molecule has 0 bridgehead atoms. The Kier molecular flexibility index (Phi) is 5.68. The molecule has 0 atom stereocenters. The summed E-state index contributed by atoms with van der Waals surface area (Å²) in [6.45, 7) is 2.11. The van der Waals surface area contributed by atoms with E-state index in [1.54, 1.807) is 18.2 Å². The Morgan fingerprint density at radius 3 is 1.97 bits per heavy atom. The number of rotatable bonds is 5. The molecule has 5 heteroatoms. The minimum atomic E-state index is -4.72. The van der Waals surface area contributed by atoms with Crippen LogP contribution in [0.5, 0.6) is 5.75 Å². The molecule has 158 valence electrons. The first-order valence-electron chi connectivity index (χ1n) is 10.0. The number of benzene rings is 4. The van der Waals surface area contributed by atoms with E-state index in [4.69, 9.17) is 0 Å². The van der Waals surface area contributed by atoms with Crippen LogP contribution in [0.25, 0.3) is 33.0 Å². The molecule has 0 N–H and O–H groups in total. The highest BCUT2D eigenvalue weighted by Crippen LogP contribution is 2.32. The fourth-order valence-corrected chi connectivity index (χ4v) is 3.70. The van der Waals surface area contributed by atoms with Gasteiger partial charge in [-0.2, -0.15) is 0 Å². The van der Waals surface area contributed by atoms with Crippen molar-refractivity contribution in [2.75, 3.05) is 0 Å². The first-order chi connectivity index (χ1) is 14.8. The van der Waals surface area contributed by atoms with Gasteiger partial charge in [-0.15, -0.1) is 13.2 Å². The monoisotopic (exact) mass is 424 g/mol. The van der Waals surface area contributed by atoms with Crippen LogP contribution in [-0.2, 0) is 6.42 Å². The Balaban J connectivity index is 1.60. The topological polar surface area (TPSA) is 9.23 Å². The van der Waals surface area contributed by atoms with E-state index in [1.807, 2.05) is 48.5 Å². The molecule has 0 saturated heterocycles. The highest BCUT2D eigenvalue weighted by Gasteiger charge is 2.30. The first-order valence-corrected chi connectivity index (χ1v) is 10.0. The molecule has 0 aliphatic heterocycles. The molecule has 31 heavy (non-hydrogen) atoms. The molecule has 0 radical (unpaired) electrons. The molecule has 0 spiro atoms. The van der Waals surface area contributed by atoms with E-state index in [1.165, 1.54) is 17.7 Å². The predicted octanol–water partition coefficient (Wildman–Crippen LogP) is 8.16. The van der Waals surface area contributed by atoms with Gasteiger partial charge in [0.2, 0.25) is 0 Å². The van der Waals surface area contributed by atoms with Crippen molar-refractivity contribution in [3.05, 3.63) is 90.2 Å². The Labute approximate surface area is 177 Å². The van der Waals surface area contributed by atoms with Crippen LogP contribution < -0.4 is 4.74 Å². The zero-order valence-electron chi connectivity index (χ0n) is 16.8.